The van der Waals surface area contributed by atoms with E-state index in [4.69, 9.17) is 0 Å². The Labute approximate surface area is 183 Å². The lowest BCUT2D eigenvalue weighted by Crippen LogP contribution is -2.45. The van der Waals surface area contributed by atoms with Gasteiger partial charge in [-0.1, -0.05) is 42.5 Å². The van der Waals surface area contributed by atoms with Crippen molar-refractivity contribution >= 4 is 48.9 Å². The highest BCUT2D eigenvalue weighted by Gasteiger charge is 2.27. The molecule has 8 heteroatoms. The Balaban J connectivity index is 1.88. The van der Waals surface area contributed by atoms with Crippen LogP contribution in [0.2, 0.25) is 0 Å². The van der Waals surface area contributed by atoms with Gasteiger partial charge in [0, 0.05) is 5.69 Å². The maximum absolute atomic E-state index is 13.1. The van der Waals surface area contributed by atoms with Gasteiger partial charge in [-0.25, -0.2) is 8.42 Å². The summed E-state index contributed by atoms with van der Waals surface area (Å²) in [5.74, 6) is -0.401. The van der Waals surface area contributed by atoms with Crippen molar-refractivity contribution in [3.8, 4) is 0 Å². The van der Waals surface area contributed by atoms with Crippen LogP contribution < -0.4 is 10.0 Å². The average Bonchev–Trinajstić information content (AvgIpc) is 3.13. The number of nitrogens with one attached hydrogen (secondary N) is 2. The topological polar surface area (TPSA) is 75.3 Å². The third-order valence-corrected chi connectivity index (χ3v) is 8.16. The van der Waals surface area contributed by atoms with E-state index < -0.39 is 22.0 Å². The zero-order chi connectivity index (χ0) is 21.0. The number of halogens is 1. The number of thiophene rings is 1. The van der Waals surface area contributed by atoms with Gasteiger partial charge in [0.05, 0.1) is 3.79 Å². The predicted molar refractivity (Wildman–Crippen MR) is 121 cm³/mol. The van der Waals surface area contributed by atoms with Crippen molar-refractivity contribution in [2.75, 3.05) is 5.32 Å². The first kappa shape index (κ1) is 21.7. The fourth-order valence-corrected chi connectivity index (χ4v) is 6.05. The first-order chi connectivity index (χ1) is 13.8. The maximum Gasteiger partial charge on any atom is 0.250 e. The summed E-state index contributed by atoms with van der Waals surface area (Å²) < 4.78 is 29.1. The highest BCUT2D eigenvalue weighted by molar-refractivity contribution is 9.11. The minimum absolute atomic E-state index is 0.155. The first-order valence-electron chi connectivity index (χ1n) is 8.95. The van der Waals surface area contributed by atoms with Crippen LogP contribution in [0.25, 0.3) is 0 Å². The molecule has 3 rings (SSSR count). The maximum atomic E-state index is 13.1. The molecule has 0 aliphatic rings. The zero-order valence-corrected chi connectivity index (χ0v) is 19.2. The second kappa shape index (κ2) is 9.21. The van der Waals surface area contributed by atoms with Crippen LogP contribution in [0.1, 0.15) is 16.7 Å². The van der Waals surface area contributed by atoms with E-state index in [1.165, 1.54) is 6.07 Å². The number of carbonyl (C=O) groups excluding carboxylic acids is 1. The van der Waals surface area contributed by atoms with Crippen molar-refractivity contribution in [3.05, 3.63) is 81.1 Å². The van der Waals surface area contributed by atoms with Crippen LogP contribution in [-0.2, 0) is 21.2 Å². The molecule has 29 heavy (non-hydrogen) atoms. The second-order valence-corrected chi connectivity index (χ2v) is 11.1. The smallest absolute Gasteiger partial charge is 0.250 e. The Morgan fingerprint density at radius 2 is 1.76 bits per heavy atom. The molecule has 5 nitrogen and oxygen atoms in total. The molecule has 0 saturated heterocycles. The lowest BCUT2D eigenvalue weighted by molar-refractivity contribution is -0.117. The minimum Gasteiger partial charge on any atom is -0.324 e. The standard InChI is InChI=1S/C21H21BrN2O3S2/c1-14-7-6-10-17(15(14)2)23-21(25)18(13-16-8-4-3-5-9-16)24-29(26,27)20-12-11-19(22)28-20/h3-12,18,24H,13H2,1-2H3,(H,23,25)/t18-/m0/s1. The number of hydrogen-bond donors (Lipinski definition) is 2. The SMILES string of the molecule is Cc1cccc(NC(=O)[C@H](Cc2ccccc2)NS(=O)(=O)c2ccc(Br)s2)c1C. The number of anilines is 1. The summed E-state index contributed by atoms with van der Waals surface area (Å²) in [5, 5.41) is 2.88. The van der Waals surface area contributed by atoms with E-state index in [9.17, 15) is 13.2 Å². The molecule has 1 amide bonds. The summed E-state index contributed by atoms with van der Waals surface area (Å²) in [4.78, 5) is 13.1. The lowest BCUT2D eigenvalue weighted by atomic mass is 10.0. The molecule has 0 fully saturated rings. The monoisotopic (exact) mass is 492 g/mol. The molecule has 152 valence electrons. The number of hydrogen-bond acceptors (Lipinski definition) is 4. The third-order valence-electron chi connectivity index (χ3n) is 4.57. The second-order valence-electron chi connectivity index (χ2n) is 6.66. The zero-order valence-electron chi connectivity index (χ0n) is 16.0. The van der Waals surface area contributed by atoms with Crippen LogP contribution in [0, 0.1) is 13.8 Å². The Kier molecular flexibility index (Phi) is 6.89. The van der Waals surface area contributed by atoms with Gasteiger partial charge in [-0.05, 0) is 71.1 Å². The van der Waals surface area contributed by atoms with Crippen molar-refractivity contribution in [3.63, 3.8) is 0 Å². The molecule has 0 aliphatic heterocycles. The molecule has 1 aromatic heterocycles. The average molecular weight is 493 g/mol. The number of rotatable bonds is 7. The molecule has 3 aromatic rings. The summed E-state index contributed by atoms with van der Waals surface area (Å²) in [6, 6.07) is 17.2. The normalized spacial score (nSPS) is 12.5. The number of sulfonamides is 1. The Morgan fingerprint density at radius 3 is 2.41 bits per heavy atom. The number of amides is 1. The van der Waals surface area contributed by atoms with Crippen LogP contribution in [-0.4, -0.2) is 20.4 Å². The Hall–Kier alpha value is -2.00. The highest BCUT2D eigenvalue weighted by atomic mass is 79.9. The molecular weight excluding hydrogens is 472 g/mol. The molecule has 1 atom stereocenters. The van der Waals surface area contributed by atoms with Gasteiger partial charge < -0.3 is 5.32 Å². The van der Waals surface area contributed by atoms with Crippen LogP contribution in [0.3, 0.4) is 0 Å². The van der Waals surface area contributed by atoms with Gasteiger partial charge in [-0.2, -0.15) is 4.72 Å². The molecule has 1 heterocycles. The van der Waals surface area contributed by atoms with E-state index in [0.717, 1.165) is 28.0 Å². The molecule has 0 aliphatic carbocycles. The van der Waals surface area contributed by atoms with Gasteiger partial charge in [0.1, 0.15) is 10.3 Å². The summed E-state index contributed by atoms with van der Waals surface area (Å²) in [6.45, 7) is 3.88. The van der Waals surface area contributed by atoms with Crippen molar-refractivity contribution < 1.29 is 13.2 Å². The molecule has 0 saturated carbocycles. The fourth-order valence-electron chi connectivity index (χ4n) is 2.83. The Bertz CT molecular complexity index is 1110. The lowest BCUT2D eigenvalue weighted by Gasteiger charge is -2.19. The van der Waals surface area contributed by atoms with E-state index in [1.54, 1.807) is 6.07 Å². The van der Waals surface area contributed by atoms with Crippen LogP contribution in [0.5, 0.6) is 0 Å². The van der Waals surface area contributed by atoms with Crippen molar-refractivity contribution in [1.29, 1.82) is 0 Å². The summed E-state index contributed by atoms with van der Waals surface area (Å²) in [5.41, 5.74) is 3.53. The van der Waals surface area contributed by atoms with Crippen LogP contribution in [0.15, 0.2) is 68.7 Å². The van der Waals surface area contributed by atoms with E-state index in [2.05, 4.69) is 26.0 Å². The number of benzene rings is 2. The quantitative estimate of drug-likeness (QED) is 0.503. The third kappa shape index (κ3) is 5.54. The molecule has 0 unspecified atom stereocenters. The van der Waals surface area contributed by atoms with Gasteiger partial charge in [0.15, 0.2) is 0 Å². The molecule has 0 spiro atoms. The van der Waals surface area contributed by atoms with Gasteiger partial charge in [0.2, 0.25) is 5.91 Å². The molecule has 2 aromatic carbocycles. The summed E-state index contributed by atoms with van der Waals surface area (Å²) in [6.07, 6.45) is 0.239. The first-order valence-corrected chi connectivity index (χ1v) is 12.0. The molecular formula is C21H21BrN2O3S2. The summed E-state index contributed by atoms with van der Waals surface area (Å²) in [7, 11) is -3.84. The van der Waals surface area contributed by atoms with E-state index in [0.29, 0.717) is 9.47 Å². The van der Waals surface area contributed by atoms with Crippen molar-refractivity contribution in [2.24, 2.45) is 0 Å². The van der Waals surface area contributed by atoms with Gasteiger partial charge >= 0.3 is 0 Å². The van der Waals surface area contributed by atoms with Crippen molar-refractivity contribution in [2.45, 2.75) is 30.5 Å². The fraction of sp³-hybridized carbons (Fsp3) is 0.190. The number of carbonyl (C=O) groups is 1. The van der Waals surface area contributed by atoms with Gasteiger partial charge in [-0.15, -0.1) is 11.3 Å². The van der Waals surface area contributed by atoms with Gasteiger partial charge in [-0.3, -0.25) is 4.79 Å². The van der Waals surface area contributed by atoms with E-state index in [1.807, 2.05) is 62.4 Å². The van der Waals surface area contributed by atoms with Crippen LogP contribution in [0.4, 0.5) is 5.69 Å². The van der Waals surface area contributed by atoms with Crippen LogP contribution >= 0.6 is 27.3 Å². The molecule has 0 bridgehead atoms. The minimum atomic E-state index is -3.84. The largest absolute Gasteiger partial charge is 0.324 e. The van der Waals surface area contributed by atoms with Gasteiger partial charge in [0.25, 0.3) is 10.0 Å². The van der Waals surface area contributed by atoms with E-state index >= 15 is 0 Å². The molecule has 0 radical (unpaired) electrons. The van der Waals surface area contributed by atoms with E-state index in [-0.39, 0.29) is 10.6 Å². The Morgan fingerprint density at radius 1 is 1.03 bits per heavy atom. The highest BCUT2D eigenvalue weighted by Crippen LogP contribution is 2.26. The predicted octanol–water partition coefficient (Wildman–Crippen LogP) is 4.66. The van der Waals surface area contributed by atoms with Crippen molar-refractivity contribution in [1.82, 2.24) is 4.72 Å². The molecule has 2 N–H and O–H groups in total. The number of aryl methyl sites for hydroxylation is 1. The summed E-state index contributed by atoms with van der Waals surface area (Å²) >= 11 is 4.38.